The van der Waals surface area contributed by atoms with Gasteiger partial charge < -0.3 is 4.42 Å². The van der Waals surface area contributed by atoms with Gasteiger partial charge in [0.1, 0.15) is 5.82 Å². The minimum absolute atomic E-state index is 0.0474. The molecule has 0 radical (unpaired) electrons. The van der Waals surface area contributed by atoms with Crippen LogP contribution in [0.15, 0.2) is 68.0 Å². The Morgan fingerprint density at radius 2 is 1.71 bits per heavy atom. The van der Waals surface area contributed by atoms with Gasteiger partial charge in [-0.1, -0.05) is 52.3 Å². The average molecular weight is 466 g/mol. The van der Waals surface area contributed by atoms with Crippen LogP contribution >= 0.6 is 0 Å². The van der Waals surface area contributed by atoms with Crippen LogP contribution in [-0.4, -0.2) is 23.4 Å². The molecular weight excluding hydrogens is 437 g/mol. The van der Waals surface area contributed by atoms with Gasteiger partial charge in [0.05, 0.1) is 15.7 Å². The summed E-state index contributed by atoms with van der Waals surface area (Å²) in [5.74, 6) is -0.353. The fourth-order valence-corrected chi connectivity index (χ4v) is 5.62. The number of aromatic nitrogens is 1. The lowest BCUT2D eigenvalue weighted by atomic mass is 10.1. The van der Waals surface area contributed by atoms with Crippen molar-refractivity contribution in [3.63, 3.8) is 0 Å². The van der Waals surface area contributed by atoms with Crippen LogP contribution in [0.3, 0.4) is 0 Å². The number of oxazole rings is 1. The van der Waals surface area contributed by atoms with E-state index >= 15 is 0 Å². The zero-order valence-electron chi connectivity index (χ0n) is 18.2. The number of rotatable bonds is 8. The molecule has 5 nitrogen and oxygen atoms in total. The lowest BCUT2D eigenvalue weighted by Crippen LogP contribution is -2.08. The van der Waals surface area contributed by atoms with Crippen LogP contribution in [0.5, 0.6) is 0 Å². The summed E-state index contributed by atoms with van der Waals surface area (Å²) in [7, 11) is -5.74. The van der Waals surface area contributed by atoms with Crippen LogP contribution in [0.2, 0.25) is 0 Å². The van der Waals surface area contributed by atoms with Gasteiger partial charge in [0.15, 0.2) is 0 Å². The summed E-state index contributed by atoms with van der Waals surface area (Å²) in [6.07, 6.45) is 2.38. The Labute approximate surface area is 186 Å². The van der Waals surface area contributed by atoms with E-state index in [4.69, 9.17) is 4.42 Å². The molecule has 0 N–H and O–H groups in total. The molecule has 2 aromatic carbocycles. The van der Waals surface area contributed by atoms with Crippen molar-refractivity contribution in [3.8, 4) is 11.5 Å². The van der Waals surface area contributed by atoms with Gasteiger partial charge in [-0.05, 0) is 48.7 Å². The second-order valence-corrected chi connectivity index (χ2v) is 9.90. The fourth-order valence-electron chi connectivity index (χ4n) is 2.86. The van der Waals surface area contributed by atoms with E-state index in [1.54, 1.807) is 18.2 Å². The summed E-state index contributed by atoms with van der Waals surface area (Å²) in [4.78, 5) is 4.16. The van der Waals surface area contributed by atoms with Crippen molar-refractivity contribution >= 4 is 20.6 Å². The standard InChI is InChI=1S/C21H22FNO4S2.C2H6/c1-3-6-15-9-11-18(12-10-15)29(25,26)20-21(28(24)13-4-2)27-19(23-20)16-7-5-8-17(22)14-16;1-2/h5,7-12,14H,3-4,6,13H2,1-2H3;1-2H3. The highest BCUT2D eigenvalue weighted by Crippen LogP contribution is 2.31. The number of nitrogens with zero attached hydrogens (tertiary/aromatic N) is 1. The van der Waals surface area contributed by atoms with E-state index in [9.17, 15) is 17.0 Å². The smallest absolute Gasteiger partial charge is 0.230 e. The molecule has 3 aromatic rings. The Morgan fingerprint density at radius 1 is 1.03 bits per heavy atom. The summed E-state index contributed by atoms with van der Waals surface area (Å²) in [6, 6.07) is 12.0. The molecule has 31 heavy (non-hydrogen) atoms. The Hall–Kier alpha value is -2.32. The Balaban J connectivity index is 0.00000166. The van der Waals surface area contributed by atoms with E-state index in [1.165, 1.54) is 30.3 Å². The lowest BCUT2D eigenvalue weighted by Gasteiger charge is -2.05. The molecule has 0 bridgehead atoms. The number of hydrogen-bond donors (Lipinski definition) is 0. The number of sulfone groups is 1. The predicted molar refractivity (Wildman–Crippen MR) is 121 cm³/mol. The van der Waals surface area contributed by atoms with Gasteiger partial charge in [0.2, 0.25) is 25.8 Å². The molecule has 1 unspecified atom stereocenters. The number of halogens is 1. The first-order valence-electron chi connectivity index (χ1n) is 10.4. The molecule has 1 heterocycles. The molecule has 3 rings (SSSR count). The molecule has 0 aliphatic carbocycles. The molecule has 8 heteroatoms. The quantitative estimate of drug-likeness (QED) is 0.419. The molecule has 1 aromatic heterocycles. The number of benzene rings is 2. The molecule has 0 aliphatic rings. The number of hydrogen-bond acceptors (Lipinski definition) is 5. The van der Waals surface area contributed by atoms with Crippen LogP contribution < -0.4 is 0 Å². The van der Waals surface area contributed by atoms with Crippen molar-refractivity contribution < 1.29 is 21.4 Å². The summed E-state index contributed by atoms with van der Waals surface area (Å²) < 4.78 is 58.2. The fraction of sp³-hybridized carbons (Fsp3) is 0.348. The maximum absolute atomic E-state index is 13.6. The third kappa shape index (κ3) is 5.89. The Morgan fingerprint density at radius 3 is 2.29 bits per heavy atom. The van der Waals surface area contributed by atoms with Crippen LogP contribution in [-0.2, 0) is 27.1 Å². The van der Waals surface area contributed by atoms with Gasteiger partial charge in [-0.3, -0.25) is 4.21 Å². The van der Waals surface area contributed by atoms with Crippen LogP contribution in [0.1, 0.15) is 46.1 Å². The van der Waals surface area contributed by atoms with Gasteiger partial charge in [-0.25, -0.2) is 12.8 Å². The van der Waals surface area contributed by atoms with Crippen molar-refractivity contribution in [1.82, 2.24) is 4.98 Å². The van der Waals surface area contributed by atoms with Crippen LogP contribution in [0, 0.1) is 5.82 Å². The highest BCUT2D eigenvalue weighted by atomic mass is 32.2. The molecule has 0 amide bonds. The average Bonchev–Trinajstić information content (AvgIpc) is 3.23. The molecule has 0 fully saturated rings. The monoisotopic (exact) mass is 465 g/mol. The second-order valence-electron chi connectivity index (χ2n) is 6.57. The molecule has 0 saturated heterocycles. The van der Waals surface area contributed by atoms with E-state index in [0.717, 1.165) is 18.4 Å². The van der Waals surface area contributed by atoms with Crippen LogP contribution in [0.4, 0.5) is 4.39 Å². The van der Waals surface area contributed by atoms with E-state index < -0.39 is 26.5 Å². The second kappa shape index (κ2) is 11.3. The molecule has 0 saturated carbocycles. The molecule has 0 aliphatic heterocycles. The van der Waals surface area contributed by atoms with Crippen LogP contribution in [0.25, 0.3) is 11.5 Å². The zero-order chi connectivity index (χ0) is 23.0. The van der Waals surface area contributed by atoms with E-state index in [-0.39, 0.29) is 32.2 Å². The van der Waals surface area contributed by atoms with E-state index in [0.29, 0.717) is 6.42 Å². The van der Waals surface area contributed by atoms with Gasteiger partial charge in [-0.15, -0.1) is 0 Å². The minimum Gasteiger partial charge on any atom is -0.426 e. The largest absolute Gasteiger partial charge is 0.426 e. The first-order valence-corrected chi connectivity index (χ1v) is 13.2. The van der Waals surface area contributed by atoms with E-state index in [1.807, 2.05) is 27.7 Å². The zero-order valence-corrected chi connectivity index (χ0v) is 19.9. The molecule has 1 atom stereocenters. The topological polar surface area (TPSA) is 77.2 Å². The van der Waals surface area contributed by atoms with Crippen molar-refractivity contribution in [2.45, 2.75) is 62.0 Å². The summed E-state index contributed by atoms with van der Waals surface area (Å²) >= 11 is 0. The Bertz CT molecular complexity index is 1120. The third-order valence-electron chi connectivity index (χ3n) is 4.26. The van der Waals surface area contributed by atoms with Crippen molar-refractivity contribution in [2.24, 2.45) is 0 Å². The van der Waals surface area contributed by atoms with Gasteiger partial charge in [0.25, 0.3) is 0 Å². The normalized spacial score (nSPS) is 12.2. The van der Waals surface area contributed by atoms with Crippen molar-refractivity contribution in [1.29, 1.82) is 0 Å². The molecule has 0 spiro atoms. The Kier molecular flexibility index (Phi) is 9.13. The first kappa shape index (κ1) is 24.9. The highest BCUT2D eigenvalue weighted by molar-refractivity contribution is 7.92. The van der Waals surface area contributed by atoms with Gasteiger partial charge >= 0.3 is 0 Å². The van der Waals surface area contributed by atoms with Crippen molar-refractivity contribution in [2.75, 3.05) is 5.75 Å². The summed E-state index contributed by atoms with van der Waals surface area (Å²) in [5, 5.41) is -0.587. The third-order valence-corrected chi connectivity index (χ3v) is 7.54. The van der Waals surface area contributed by atoms with E-state index in [2.05, 4.69) is 4.98 Å². The van der Waals surface area contributed by atoms with Crippen molar-refractivity contribution in [3.05, 3.63) is 59.9 Å². The van der Waals surface area contributed by atoms with Gasteiger partial charge in [-0.2, -0.15) is 4.98 Å². The van der Waals surface area contributed by atoms with Gasteiger partial charge in [0, 0.05) is 11.3 Å². The first-order chi connectivity index (χ1) is 14.9. The minimum atomic E-state index is -4.05. The lowest BCUT2D eigenvalue weighted by molar-refractivity contribution is 0.460. The summed E-state index contributed by atoms with van der Waals surface area (Å²) in [6.45, 7) is 7.88. The highest BCUT2D eigenvalue weighted by Gasteiger charge is 2.31. The number of aryl methyl sites for hydroxylation is 1. The maximum atomic E-state index is 13.6. The molecular formula is C23H28FNO4S2. The summed E-state index contributed by atoms with van der Waals surface area (Å²) in [5.41, 5.74) is 1.31. The maximum Gasteiger partial charge on any atom is 0.230 e. The SMILES string of the molecule is CC.CCCc1ccc(S(=O)(=O)c2nc(-c3cccc(F)c3)oc2S(=O)CCC)cc1. The predicted octanol–water partition coefficient (Wildman–Crippen LogP) is 5.81. The molecule has 168 valence electrons.